The third-order valence-corrected chi connectivity index (χ3v) is 1.96. The highest BCUT2D eigenvalue weighted by Gasteiger charge is 2.25. The number of rotatable bonds is 3. The van der Waals surface area contributed by atoms with Gasteiger partial charge in [-0.05, 0) is 6.07 Å². The van der Waals surface area contributed by atoms with E-state index in [9.17, 15) is 9.59 Å². The summed E-state index contributed by atoms with van der Waals surface area (Å²) in [7, 11) is 1.66. The Morgan fingerprint density at radius 2 is 2.06 bits per heavy atom. The zero-order chi connectivity index (χ0) is 12.6. The fraction of sp³-hybridized carbons (Fsp3) is 0.111. The van der Waals surface area contributed by atoms with Gasteiger partial charge in [-0.3, -0.25) is 4.68 Å². The zero-order valence-electron chi connectivity index (χ0n) is 8.62. The maximum absolute atomic E-state index is 10.8. The van der Waals surface area contributed by atoms with Crippen molar-refractivity contribution >= 4 is 11.9 Å². The fourth-order valence-corrected chi connectivity index (χ4v) is 1.25. The Balaban J connectivity index is 2.54. The summed E-state index contributed by atoms with van der Waals surface area (Å²) in [4.78, 5) is 25.1. The molecule has 0 radical (unpaired) electrons. The van der Waals surface area contributed by atoms with E-state index in [4.69, 9.17) is 14.6 Å². The normalized spacial score (nSPS) is 10.4. The van der Waals surface area contributed by atoms with E-state index in [-0.39, 0.29) is 11.6 Å². The van der Waals surface area contributed by atoms with Crippen molar-refractivity contribution < 1.29 is 24.2 Å². The van der Waals surface area contributed by atoms with Crippen LogP contribution in [0.25, 0.3) is 11.6 Å². The van der Waals surface area contributed by atoms with Crippen LogP contribution in [-0.2, 0) is 7.05 Å². The molecule has 2 rings (SSSR count). The molecular formula is C9H7N3O5. The number of aromatic nitrogens is 3. The second kappa shape index (κ2) is 3.74. The first-order valence-corrected chi connectivity index (χ1v) is 4.46. The Kier molecular flexibility index (Phi) is 2.39. The standard InChI is InChI=1S/C9H7N3O5/c1-12-3-2-4(11-12)7-10-5(8(13)14)6(17-7)9(15)16/h2-3H,1H3,(H,13,14)(H,15,16). The van der Waals surface area contributed by atoms with Crippen LogP contribution in [0.4, 0.5) is 0 Å². The summed E-state index contributed by atoms with van der Waals surface area (Å²) in [5, 5.41) is 21.5. The van der Waals surface area contributed by atoms with E-state index in [2.05, 4.69) is 10.1 Å². The van der Waals surface area contributed by atoms with E-state index in [0.29, 0.717) is 0 Å². The lowest BCUT2D eigenvalue weighted by molar-refractivity contribution is 0.0624. The van der Waals surface area contributed by atoms with Crippen LogP contribution in [0, 0.1) is 0 Å². The Morgan fingerprint density at radius 1 is 1.35 bits per heavy atom. The molecule has 0 aliphatic rings. The molecule has 2 N–H and O–H groups in total. The molecule has 88 valence electrons. The molecule has 0 aliphatic carbocycles. The van der Waals surface area contributed by atoms with E-state index in [1.165, 1.54) is 10.7 Å². The van der Waals surface area contributed by atoms with Crippen LogP contribution >= 0.6 is 0 Å². The molecule has 0 amide bonds. The minimum absolute atomic E-state index is 0.139. The van der Waals surface area contributed by atoms with Crippen molar-refractivity contribution in [1.29, 1.82) is 0 Å². The Labute approximate surface area is 94.1 Å². The number of hydrogen-bond acceptors (Lipinski definition) is 5. The highest BCUT2D eigenvalue weighted by Crippen LogP contribution is 2.20. The van der Waals surface area contributed by atoms with Gasteiger partial charge in [0.25, 0.3) is 0 Å². The highest BCUT2D eigenvalue weighted by molar-refractivity contribution is 5.98. The van der Waals surface area contributed by atoms with Gasteiger partial charge in [-0.1, -0.05) is 0 Å². The molecular weight excluding hydrogens is 230 g/mol. The number of oxazole rings is 1. The average molecular weight is 237 g/mol. The van der Waals surface area contributed by atoms with Crippen LogP contribution in [0.3, 0.4) is 0 Å². The van der Waals surface area contributed by atoms with Crippen molar-refractivity contribution in [1.82, 2.24) is 14.8 Å². The van der Waals surface area contributed by atoms with Gasteiger partial charge in [0.15, 0.2) is 0 Å². The molecule has 0 spiro atoms. The maximum atomic E-state index is 10.8. The Hall–Kier alpha value is -2.64. The summed E-state index contributed by atoms with van der Waals surface area (Å²) in [6.45, 7) is 0. The van der Waals surface area contributed by atoms with Crippen molar-refractivity contribution in [3.8, 4) is 11.6 Å². The van der Waals surface area contributed by atoms with Crippen LogP contribution in [-0.4, -0.2) is 36.9 Å². The van der Waals surface area contributed by atoms with Crippen LogP contribution in [0.15, 0.2) is 16.7 Å². The van der Waals surface area contributed by atoms with Gasteiger partial charge in [-0.2, -0.15) is 10.1 Å². The van der Waals surface area contributed by atoms with Crippen LogP contribution < -0.4 is 0 Å². The minimum Gasteiger partial charge on any atom is -0.476 e. The summed E-state index contributed by atoms with van der Waals surface area (Å²) in [5.41, 5.74) is -0.374. The van der Waals surface area contributed by atoms with E-state index in [1.54, 1.807) is 13.2 Å². The van der Waals surface area contributed by atoms with E-state index < -0.39 is 23.4 Å². The third-order valence-electron chi connectivity index (χ3n) is 1.96. The van der Waals surface area contributed by atoms with Crippen molar-refractivity contribution in [3.63, 3.8) is 0 Å². The van der Waals surface area contributed by atoms with Gasteiger partial charge in [-0.25, -0.2) is 9.59 Å². The molecule has 0 saturated carbocycles. The summed E-state index contributed by atoms with van der Waals surface area (Å²) >= 11 is 0. The second-order valence-corrected chi connectivity index (χ2v) is 3.18. The largest absolute Gasteiger partial charge is 0.476 e. The zero-order valence-corrected chi connectivity index (χ0v) is 8.62. The first-order valence-electron chi connectivity index (χ1n) is 4.46. The van der Waals surface area contributed by atoms with E-state index in [0.717, 1.165) is 0 Å². The number of carboxylic acids is 2. The molecule has 0 fully saturated rings. The predicted molar refractivity (Wildman–Crippen MR) is 52.6 cm³/mol. The fourth-order valence-electron chi connectivity index (χ4n) is 1.25. The van der Waals surface area contributed by atoms with Crippen LogP contribution in [0.5, 0.6) is 0 Å². The number of carbonyl (C=O) groups is 2. The third kappa shape index (κ3) is 1.87. The SMILES string of the molecule is Cn1ccc(-c2nc(C(=O)O)c(C(=O)O)o2)n1. The van der Waals surface area contributed by atoms with Crippen molar-refractivity contribution in [2.24, 2.45) is 7.05 Å². The molecule has 0 saturated heterocycles. The van der Waals surface area contributed by atoms with Crippen molar-refractivity contribution in [3.05, 3.63) is 23.7 Å². The molecule has 17 heavy (non-hydrogen) atoms. The highest BCUT2D eigenvalue weighted by atomic mass is 16.4. The summed E-state index contributed by atoms with van der Waals surface area (Å²) < 4.78 is 6.33. The molecule has 2 aromatic heterocycles. The first kappa shape index (κ1) is 10.9. The molecule has 0 atom stereocenters. The maximum Gasteiger partial charge on any atom is 0.374 e. The van der Waals surface area contributed by atoms with Gasteiger partial charge in [-0.15, -0.1) is 0 Å². The lowest BCUT2D eigenvalue weighted by Crippen LogP contribution is -2.05. The molecule has 0 unspecified atom stereocenters. The number of aromatic carboxylic acids is 2. The lowest BCUT2D eigenvalue weighted by atomic mass is 10.3. The second-order valence-electron chi connectivity index (χ2n) is 3.18. The van der Waals surface area contributed by atoms with Crippen LogP contribution in [0.1, 0.15) is 21.0 Å². The van der Waals surface area contributed by atoms with Crippen LogP contribution in [0.2, 0.25) is 0 Å². The van der Waals surface area contributed by atoms with Gasteiger partial charge in [0.05, 0.1) is 0 Å². The summed E-state index contributed by atoms with van der Waals surface area (Å²) in [5.74, 6) is -3.80. The lowest BCUT2D eigenvalue weighted by Gasteiger charge is -1.87. The number of nitrogens with zero attached hydrogens (tertiary/aromatic N) is 3. The van der Waals surface area contributed by atoms with E-state index in [1.807, 2.05) is 0 Å². The van der Waals surface area contributed by atoms with Gasteiger partial charge >= 0.3 is 11.9 Å². The molecule has 8 heteroatoms. The monoisotopic (exact) mass is 237 g/mol. The number of hydrogen-bond donors (Lipinski definition) is 2. The van der Waals surface area contributed by atoms with Crippen molar-refractivity contribution in [2.45, 2.75) is 0 Å². The Morgan fingerprint density at radius 3 is 2.47 bits per heavy atom. The molecule has 0 aliphatic heterocycles. The quantitative estimate of drug-likeness (QED) is 0.796. The molecule has 2 aromatic rings. The first-order chi connectivity index (χ1) is 7.99. The van der Waals surface area contributed by atoms with E-state index >= 15 is 0 Å². The minimum atomic E-state index is -1.49. The number of aryl methyl sites for hydroxylation is 1. The van der Waals surface area contributed by atoms with Gasteiger partial charge in [0, 0.05) is 13.2 Å². The topological polar surface area (TPSA) is 118 Å². The molecule has 0 aromatic carbocycles. The molecule has 0 bridgehead atoms. The summed E-state index contributed by atoms with van der Waals surface area (Å²) in [6, 6.07) is 1.53. The number of carboxylic acid groups (broad SMARTS) is 2. The smallest absolute Gasteiger partial charge is 0.374 e. The average Bonchev–Trinajstić information content (AvgIpc) is 2.82. The molecule has 8 nitrogen and oxygen atoms in total. The molecule has 2 heterocycles. The Bertz CT molecular complexity index is 566. The van der Waals surface area contributed by atoms with Gasteiger partial charge in [0.1, 0.15) is 5.69 Å². The van der Waals surface area contributed by atoms with Crippen molar-refractivity contribution in [2.75, 3.05) is 0 Å². The van der Waals surface area contributed by atoms with Gasteiger partial charge in [0.2, 0.25) is 17.3 Å². The van der Waals surface area contributed by atoms with Gasteiger partial charge < -0.3 is 14.6 Å². The summed E-state index contributed by atoms with van der Waals surface area (Å²) in [6.07, 6.45) is 1.60. The predicted octanol–water partition coefficient (Wildman–Crippen LogP) is 0.471.